The third kappa shape index (κ3) is 2.16. The van der Waals surface area contributed by atoms with E-state index in [9.17, 15) is 13.2 Å². The van der Waals surface area contributed by atoms with Crippen molar-refractivity contribution in [1.29, 1.82) is 0 Å². The molecule has 0 saturated heterocycles. The molecule has 1 N–H and O–H groups in total. The van der Waals surface area contributed by atoms with Crippen LogP contribution < -0.4 is 4.31 Å². The number of fused-ring (bicyclic) bond motifs is 3. The molecule has 0 atom stereocenters. The number of nitrogens with zero attached hydrogens (tertiary/aromatic N) is 1. The summed E-state index contributed by atoms with van der Waals surface area (Å²) in [5.41, 5.74) is 1.45. The Morgan fingerprint density at radius 3 is 2.57 bits per heavy atom. The van der Waals surface area contributed by atoms with Crippen molar-refractivity contribution in [3.05, 3.63) is 47.5 Å². The van der Waals surface area contributed by atoms with E-state index < -0.39 is 22.5 Å². The minimum Gasteiger partial charge on any atom is -0.480 e. The third-order valence-electron chi connectivity index (χ3n) is 3.25. The molecule has 0 fully saturated rings. The number of halogens is 1. The first-order valence-electron chi connectivity index (χ1n) is 6.05. The van der Waals surface area contributed by atoms with Gasteiger partial charge in [0.2, 0.25) is 0 Å². The molecule has 2 aromatic carbocycles. The van der Waals surface area contributed by atoms with Crippen LogP contribution in [-0.4, -0.2) is 26.0 Å². The Bertz CT molecular complexity index is 848. The first-order chi connectivity index (χ1) is 9.91. The number of carboxylic acid groups (broad SMARTS) is 1. The monoisotopic (exact) mass is 323 g/mol. The zero-order chi connectivity index (χ0) is 15.2. The molecule has 21 heavy (non-hydrogen) atoms. The van der Waals surface area contributed by atoms with E-state index in [1.807, 2.05) is 0 Å². The second-order valence-corrected chi connectivity index (χ2v) is 6.83. The van der Waals surface area contributed by atoms with Crippen molar-refractivity contribution in [3.63, 3.8) is 0 Å². The molecule has 0 bridgehead atoms. The van der Waals surface area contributed by atoms with Gasteiger partial charge in [-0.2, -0.15) is 0 Å². The quantitative estimate of drug-likeness (QED) is 0.921. The highest BCUT2D eigenvalue weighted by Gasteiger charge is 2.35. The van der Waals surface area contributed by atoms with Crippen LogP contribution in [0, 0.1) is 0 Å². The standard InChI is InChI=1S/C14H10ClNO4S/c15-9-5-6-12-11(7-9)10-3-1-2-4-13(10)21(19,20)16(12)8-14(17)18/h1-7H,8H2,(H,17,18). The fraction of sp³-hybridized carbons (Fsp3) is 0.0714. The molecule has 0 aromatic heterocycles. The number of rotatable bonds is 2. The van der Waals surface area contributed by atoms with Gasteiger partial charge in [0.15, 0.2) is 0 Å². The Balaban J connectivity index is 2.35. The largest absolute Gasteiger partial charge is 0.480 e. The number of anilines is 1. The lowest BCUT2D eigenvalue weighted by atomic mass is 10.0. The number of carboxylic acids is 1. The molecule has 7 heteroatoms. The van der Waals surface area contributed by atoms with Crippen LogP contribution in [0.15, 0.2) is 47.4 Å². The van der Waals surface area contributed by atoms with Gasteiger partial charge in [-0.25, -0.2) is 8.42 Å². The summed E-state index contributed by atoms with van der Waals surface area (Å²) in [5, 5.41) is 9.45. The summed E-state index contributed by atoms with van der Waals surface area (Å²) >= 11 is 5.98. The van der Waals surface area contributed by atoms with Crippen LogP contribution in [0.1, 0.15) is 0 Å². The number of benzene rings is 2. The van der Waals surface area contributed by atoms with E-state index in [0.29, 0.717) is 21.8 Å². The molecule has 0 spiro atoms. The lowest BCUT2D eigenvalue weighted by Crippen LogP contribution is -2.38. The second-order valence-electron chi connectivity index (χ2n) is 4.56. The summed E-state index contributed by atoms with van der Waals surface area (Å²) in [5.74, 6) is -1.22. The van der Waals surface area contributed by atoms with Crippen molar-refractivity contribution < 1.29 is 18.3 Å². The van der Waals surface area contributed by atoms with Gasteiger partial charge < -0.3 is 5.11 Å². The second kappa shape index (κ2) is 4.75. The lowest BCUT2D eigenvalue weighted by molar-refractivity contribution is -0.135. The molecule has 1 aliphatic heterocycles. The van der Waals surface area contributed by atoms with Crippen LogP contribution in [0.25, 0.3) is 11.1 Å². The van der Waals surface area contributed by atoms with Crippen molar-refractivity contribution in [1.82, 2.24) is 0 Å². The number of carbonyl (C=O) groups is 1. The summed E-state index contributed by atoms with van der Waals surface area (Å²) < 4.78 is 26.1. The maximum Gasteiger partial charge on any atom is 0.324 e. The van der Waals surface area contributed by atoms with E-state index in [1.54, 1.807) is 30.3 Å². The number of aliphatic carboxylic acids is 1. The fourth-order valence-corrected chi connectivity index (χ4v) is 4.21. The maximum atomic E-state index is 12.6. The van der Waals surface area contributed by atoms with Crippen molar-refractivity contribution >= 4 is 33.3 Å². The van der Waals surface area contributed by atoms with E-state index in [1.165, 1.54) is 12.1 Å². The minimum absolute atomic E-state index is 0.0843. The third-order valence-corrected chi connectivity index (χ3v) is 5.30. The SMILES string of the molecule is O=C(O)CN1c2ccc(Cl)cc2-c2ccccc2S1(=O)=O. The van der Waals surface area contributed by atoms with Crippen LogP contribution in [0.2, 0.25) is 5.02 Å². The highest BCUT2D eigenvalue weighted by molar-refractivity contribution is 7.93. The summed E-state index contributed by atoms with van der Waals surface area (Å²) in [6.07, 6.45) is 0. The molecule has 0 aliphatic carbocycles. The van der Waals surface area contributed by atoms with Crippen molar-refractivity contribution in [2.45, 2.75) is 4.90 Å². The Labute approximate surface area is 126 Å². The van der Waals surface area contributed by atoms with Gasteiger partial charge in [0, 0.05) is 16.1 Å². The van der Waals surface area contributed by atoms with Crippen LogP contribution in [0.5, 0.6) is 0 Å². The maximum absolute atomic E-state index is 12.6. The van der Waals surface area contributed by atoms with E-state index in [-0.39, 0.29) is 4.90 Å². The van der Waals surface area contributed by atoms with E-state index in [2.05, 4.69) is 0 Å². The van der Waals surface area contributed by atoms with E-state index >= 15 is 0 Å². The first kappa shape index (κ1) is 13.9. The highest BCUT2D eigenvalue weighted by Crippen LogP contribution is 2.43. The molecular weight excluding hydrogens is 314 g/mol. The zero-order valence-electron chi connectivity index (χ0n) is 10.7. The van der Waals surface area contributed by atoms with Gasteiger partial charge >= 0.3 is 5.97 Å². The van der Waals surface area contributed by atoms with Crippen LogP contribution in [-0.2, 0) is 14.8 Å². The average Bonchev–Trinajstić information content (AvgIpc) is 2.44. The Kier molecular flexibility index (Phi) is 3.15. The normalized spacial score (nSPS) is 15.2. The van der Waals surface area contributed by atoms with Crippen LogP contribution >= 0.6 is 11.6 Å². The molecule has 3 rings (SSSR count). The molecular formula is C14H10ClNO4S. The number of sulfonamides is 1. The van der Waals surface area contributed by atoms with Gasteiger partial charge in [0.05, 0.1) is 10.6 Å². The average molecular weight is 324 g/mol. The lowest BCUT2D eigenvalue weighted by Gasteiger charge is -2.31. The molecule has 0 amide bonds. The van der Waals surface area contributed by atoms with Crippen molar-refractivity contribution in [2.24, 2.45) is 0 Å². The van der Waals surface area contributed by atoms with Crippen molar-refractivity contribution in [3.8, 4) is 11.1 Å². The minimum atomic E-state index is -3.89. The summed E-state index contributed by atoms with van der Waals surface area (Å²) in [6, 6.07) is 11.2. The molecule has 108 valence electrons. The van der Waals surface area contributed by atoms with Crippen LogP contribution in [0.3, 0.4) is 0 Å². The summed E-state index contributed by atoms with van der Waals surface area (Å²) in [6.45, 7) is -0.634. The predicted molar refractivity (Wildman–Crippen MR) is 79.1 cm³/mol. The molecule has 0 radical (unpaired) electrons. The fourth-order valence-electron chi connectivity index (χ4n) is 2.40. The number of hydrogen-bond acceptors (Lipinski definition) is 3. The Hall–Kier alpha value is -2.05. The molecule has 2 aromatic rings. The van der Waals surface area contributed by atoms with E-state index in [0.717, 1.165) is 4.31 Å². The van der Waals surface area contributed by atoms with E-state index in [4.69, 9.17) is 16.7 Å². The first-order valence-corrected chi connectivity index (χ1v) is 7.86. The van der Waals surface area contributed by atoms with Gasteiger partial charge in [-0.05, 0) is 24.3 Å². The van der Waals surface area contributed by atoms with Gasteiger partial charge in [0.1, 0.15) is 6.54 Å². The topological polar surface area (TPSA) is 74.7 Å². The Morgan fingerprint density at radius 2 is 1.86 bits per heavy atom. The van der Waals surface area contributed by atoms with Gasteiger partial charge in [0.25, 0.3) is 10.0 Å². The molecule has 0 unspecified atom stereocenters. The molecule has 1 heterocycles. The predicted octanol–water partition coefficient (Wildman–Crippen LogP) is 2.60. The highest BCUT2D eigenvalue weighted by atomic mass is 35.5. The van der Waals surface area contributed by atoms with Gasteiger partial charge in [-0.3, -0.25) is 9.10 Å². The molecule has 1 aliphatic rings. The zero-order valence-corrected chi connectivity index (χ0v) is 12.2. The Morgan fingerprint density at radius 1 is 1.14 bits per heavy atom. The smallest absolute Gasteiger partial charge is 0.324 e. The molecule has 5 nitrogen and oxygen atoms in total. The summed E-state index contributed by atoms with van der Waals surface area (Å²) in [4.78, 5) is 11.1. The summed E-state index contributed by atoms with van der Waals surface area (Å²) in [7, 11) is -3.89. The van der Waals surface area contributed by atoms with Gasteiger partial charge in [-0.15, -0.1) is 0 Å². The number of hydrogen-bond donors (Lipinski definition) is 1. The van der Waals surface area contributed by atoms with Gasteiger partial charge in [-0.1, -0.05) is 29.8 Å². The van der Waals surface area contributed by atoms with Crippen LogP contribution in [0.4, 0.5) is 5.69 Å². The van der Waals surface area contributed by atoms with Crippen molar-refractivity contribution in [2.75, 3.05) is 10.8 Å². The molecule has 0 saturated carbocycles.